The maximum absolute atomic E-state index is 12.1. The third-order valence-electron chi connectivity index (χ3n) is 3.84. The lowest BCUT2D eigenvalue weighted by Gasteiger charge is -2.07. The standard InChI is InChI=1S/C19H17ClN4O2/c1-2-13-3-9-16(10-4-13)22-18(25)12-24-19(26)23-17(11-21-24)14-5-7-15(20)8-6-14/h3-11H,2,12H2,1H3,(H,22,25). The Balaban J connectivity index is 1.70. The second kappa shape index (κ2) is 7.93. The number of carbonyl (C=O) groups is 1. The van der Waals surface area contributed by atoms with Crippen molar-refractivity contribution in [1.29, 1.82) is 0 Å². The molecule has 0 fully saturated rings. The monoisotopic (exact) mass is 368 g/mol. The van der Waals surface area contributed by atoms with Gasteiger partial charge in [-0.2, -0.15) is 10.1 Å². The topological polar surface area (TPSA) is 76.9 Å². The molecular weight excluding hydrogens is 352 g/mol. The number of halogens is 1. The number of hydrogen-bond acceptors (Lipinski definition) is 4. The molecule has 0 atom stereocenters. The van der Waals surface area contributed by atoms with Gasteiger partial charge in [0.1, 0.15) is 6.54 Å². The average molecular weight is 369 g/mol. The first-order valence-electron chi connectivity index (χ1n) is 8.14. The van der Waals surface area contributed by atoms with Gasteiger partial charge in [-0.3, -0.25) is 4.79 Å². The number of hydrogen-bond donors (Lipinski definition) is 1. The van der Waals surface area contributed by atoms with Crippen LogP contribution in [0.3, 0.4) is 0 Å². The number of benzene rings is 2. The number of anilines is 1. The zero-order chi connectivity index (χ0) is 18.5. The van der Waals surface area contributed by atoms with E-state index in [2.05, 4.69) is 22.3 Å². The van der Waals surface area contributed by atoms with Gasteiger partial charge in [-0.15, -0.1) is 0 Å². The first-order chi connectivity index (χ1) is 12.5. The maximum atomic E-state index is 12.1. The molecule has 1 amide bonds. The van der Waals surface area contributed by atoms with Crippen LogP contribution in [0.2, 0.25) is 5.02 Å². The fourth-order valence-corrected chi connectivity index (χ4v) is 2.52. The maximum Gasteiger partial charge on any atom is 0.365 e. The first-order valence-corrected chi connectivity index (χ1v) is 8.52. The van der Waals surface area contributed by atoms with Crippen LogP contribution < -0.4 is 11.0 Å². The summed E-state index contributed by atoms with van der Waals surface area (Å²) in [6, 6.07) is 14.5. The highest BCUT2D eigenvalue weighted by atomic mass is 35.5. The first kappa shape index (κ1) is 17.8. The number of aryl methyl sites for hydroxylation is 1. The third kappa shape index (κ3) is 4.34. The largest absolute Gasteiger partial charge is 0.365 e. The van der Waals surface area contributed by atoms with Crippen LogP contribution in [0.15, 0.2) is 59.5 Å². The van der Waals surface area contributed by atoms with Crippen molar-refractivity contribution in [3.8, 4) is 11.3 Å². The van der Waals surface area contributed by atoms with E-state index in [9.17, 15) is 9.59 Å². The Labute approximate surface area is 155 Å². The Morgan fingerprint density at radius 1 is 1.12 bits per heavy atom. The zero-order valence-electron chi connectivity index (χ0n) is 14.1. The van der Waals surface area contributed by atoms with Crippen LogP contribution in [-0.2, 0) is 17.8 Å². The average Bonchev–Trinajstić information content (AvgIpc) is 2.64. The van der Waals surface area contributed by atoms with Crippen molar-refractivity contribution in [3.05, 3.63) is 75.8 Å². The van der Waals surface area contributed by atoms with Gasteiger partial charge in [0.25, 0.3) is 0 Å². The Bertz CT molecular complexity index is 966. The van der Waals surface area contributed by atoms with Crippen LogP contribution in [0.4, 0.5) is 5.69 Å². The van der Waals surface area contributed by atoms with Crippen LogP contribution in [0, 0.1) is 0 Å². The Morgan fingerprint density at radius 3 is 2.42 bits per heavy atom. The molecule has 1 heterocycles. The van der Waals surface area contributed by atoms with E-state index in [1.807, 2.05) is 24.3 Å². The number of nitrogens with one attached hydrogen (secondary N) is 1. The molecule has 132 valence electrons. The highest BCUT2D eigenvalue weighted by Gasteiger charge is 2.09. The summed E-state index contributed by atoms with van der Waals surface area (Å²) >= 11 is 5.85. The molecule has 26 heavy (non-hydrogen) atoms. The van der Waals surface area contributed by atoms with Gasteiger partial charge in [-0.05, 0) is 36.2 Å². The van der Waals surface area contributed by atoms with E-state index in [1.165, 1.54) is 11.8 Å². The van der Waals surface area contributed by atoms with Crippen LogP contribution in [0.25, 0.3) is 11.3 Å². The number of nitrogens with zero attached hydrogens (tertiary/aromatic N) is 3. The molecule has 3 aromatic rings. The number of amides is 1. The van der Waals surface area contributed by atoms with Gasteiger partial charge in [0.15, 0.2) is 0 Å². The molecular formula is C19H17ClN4O2. The molecule has 0 saturated heterocycles. The molecule has 0 radical (unpaired) electrons. The lowest BCUT2D eigenvalue weighted by molar-refractivity contribution is -0.117. The normalized spacial score (nSPS) is 10.5. The highest BCUT2D eigenvalue weighted by molar-refractivity contribution is 6.30. The minimum atomic E-state index is -0.589. The van der Waals surface area contributed by atoms with E-state index >= 15 is 0 Å². The van der Waals surface area contributed by atoms with E-state index in [1.54, 1.807) is 24.3 Å². The molecule has 0 aliphatic heterocycles. The second-order valence-corrected chi connectivity index (χ2v) is 6.12. The predicted molar refractivity (Wildman–Crippen MR) is 101 cm³/mol. The van der Waals surface area contributed by atoms with Crippen molar-refractivity contribution in [2.75, 3.05) is 5.32 Å². The van der Waals surface area contributed by atoms with E-state index in [-0.39, 0.29) is 12.5 Å². The lowest BCUT2D eigenvalue weighted by atomic mass is 10.1. The van der Waals surface area contributed by atoms with Crippen molar-refractivity contribution in [2.24, 2.45) is 0 Å². The highest BCUT2D eigenvalue weighted by Crippen LogP contribution is 2.17. The molecule has 3 rings (SSSR count). The zero-order valence-corrected chi connectivity index (χ0v) is 14.9. The molecule has 0 spiro atoms. The molecule has 0 aliphatic rings. The molecule has 1 N–H and O–H groups in total. The fourth-order valence-electron chi connectivity index (χ4n) is 2.39. The van der Waals surface area contributed by atoms with Gasteiger partial charge >= 0.3 is 5.69 Å². The van der Waals surface area contributed by atoms with E-state index in [0.717, 1.165) is 16.7 Å². The quantitative estimate of drug-likeness (QED) is 0.750. The molecule has 2 aromatic carbocycles. The summed E-state index contributed by atoms with van der Waals surface area (Å²) in [5.74, 6) is -0.343. The number of aromatic nitrogens is 3. The predicted octanol–water partition coefficient (Wildman–Crippen LogP) is 3.16. The van der Waals surface area contributed by atoms with Crippen molar-refractivity contribution < 1.29 is 4.79 Å². The molecule has 0 unspecified atom stereocenters. The fraction of sp³-hybridized carbons (Fsp3) is 0.158. The number of rotatable bonds is 5. The van der Waals surface area contributed by atoms with Crippen LogP contribution in [-0.4, -0.2) is 20.7 Å². The summed E-state index contributed by atoms with van der Waals surface area (Å²) in [6.45, 7) is 1.86. The van der Waals surface area contributed by atoms with E-state index < -0.39 is 5.69 Å². The lowest BCUT2D eigenvalue weighted by Crippen LogP contribution is -2.31. The third-order valence-corrected chi connectivity index (χ3v) is 4.09. The molecule has 1 aromatic heterocycles. The van der Waals surface area contributed by atoms with Crippen molar-refractivity contribution >= 4 is 23.2 Å². The molecule has 0 bridgehead atoms. The smallest absolute Gasteiger partial charge is 0.324 e. The Kier molecular flexibility index (Phi) is 5.43. The SMILES string of the molecule is CCc1ccc(NC(=O)Cn2ncc(-c3ccc(Cl)cc3)nc2=O)cc1. The molecule has 6 nitrogen and oxygen atoms in total. The van der Waals surface area contributed by atoms with Gasteiger partial charge in [0.2, 0.25) is 5.91 Å². The van der Waals surface area contributed by atoms with Crippen LogP contribution in [0.5, 0.6) is 0 Å². The Hall–Kier alpha value is -2.99. The van der Waals surface area contributed by atoms with Crippen molar-refractivity contribution in [2.45, 2.75) is 19.9 Å². The second-order valence-electron chi connectivity index (χ2n) is 5.69. The minimum absolute atomic E-state index is 0.206. The molecule has 0 aliphatic carbocycles. The van der Waals surface area contributed by atoms with E-state index in [0.29, 0.717) is 16.4 Å². The van der Waals surface area contributed by atoms with Crippen LogP contribution >= 0.6 is 11.6 Å². The van der Waals surface area contributed by atoms with Gasteiger partial charge in [0, 0.05) is 16.3 Å². The van der Waals surface area contributed by atoms with Crippen molar-refractivity contribution in [3.63, 3.8) is 0 Å². The minimum Gasteiger partial charge on any atom is -0.324 e. The number of carbonyl (C=O) groups excluding carboxylic acids is 1. The van der Waals surface area contributed by atoms with Gasteiger partial charge in [0.05, 0.1) is 11.9 Å². The molecule has 0 saturated carbocycles. The van der Waals surface area contributed by atoms with Gasteiger partial charge in [-0.1, -0.05) is 42.8 Å². The van der Waals surface area contributed by atoms with E-state index in [4.69, 9.17) is 11.6 Å². The summed E-state index contributed by atoms with van der Waals surface area (Å²) < 4.78 is 1.02. The Morgan fingerprint density at radius 2 is 1.81 bits per heavy atom. The van der Waals surface area contributed by atoms with Gasteiger partial charge < -0.3 is 5.32 Å². The molecule has 7 heteroatoms. The van der Waals surface area contributed by atoms with Crippen molar-refractivity contribution in [1.82, 2.24) is 14.8 Å². The van der Waals surface area contributed by atoms with Gasteiger partial charge in [-0.25, -0.2) is 9.48 Å². The summed E-state index contributed by atoms with van der Waals surface area (Å²) in [7, 11) is 0. The summed E-state index contributed by atoms with van der Waals surface area (Å²) in [5.41, 5.74) is 2.42. The summed E-state index contributed by atoms with van der Waals surface area (Å²) in [4.78, 5) is 28.2. The van der Waals surface area contributed by atoms with Crippen LogP contribution in [0.1, 0.15) is 12.5 Å². The summed E-state index contributed by atoms with van der Waals surface area (Å²) in [6.07, 6.45) is 2.38. The summed E-state index contributed by atoms with van der Waals surface area (Å²) in [5, 5.41) is 7.37.